The number of aliphatic hydroxyl groups is 2. The van der Waals surface area contributed by atoms with Gasteiger partial charge in [0.05, 0.1) is 12.2 Å². The number of nitrogens with one attached hydrogen (secondary N) is 1. The largest absolute Gasteiger partial charge is 0.393 e. The Morgan fingerprint density at radius 2 is 1.87 bits per heavy atom. The summed E-state index contributed by atoms with van der Waals surface area (Å²) in [5, 5.41) is 23.1. The number of rotatable bonds is 7. The summed E-state index contributed by atoms with van der Waals surface area (Å²) >= 11 is 0. The predicted molar refractivity (Wildman–Crippen MR) is 90.6 cm³/mol. The molecule has 0 saturated heterocycles. The lowest BCUT2D eigenvalue weighted by atomic mass is 9.82. The van der Waals surface area contributed by atoms with Crippen LogP contribution >= 0.6 is 0 Å². The van der Waals surface area contributed by atoms with Crippen LogP contribution in [-0.2, 0) is 0 Å². The Kier molecular flexibility index (Phi) is 6.57. The molecule has 1 aromatic carbocycles. The van der Waals surface area contributed by atoms with E-state index in [9.17, 15) is 14.6 Å². The Labute approximate surface area is 138 Å². The fraction of sp³-hybridized carbons (Fsp3) is 0.684. The van der Waals surface area contributed by atoms with Gasteiger partial charge in [-0.3, -0.25) is 0 Å². The van der Waals surface area contributed by atoms with Crippen molar-refractivity contribution in [1.29, 1.82) is 0 Å². The van der Waals surface area contributed by atoms with Crippen LogP contribution < -0.4 is 5.32 Å². The summed E-state index contributed by atoms with van der Waals surface area (Å²) in [5.74, 6) is 0.330. The van der Waals surface area contributed by atoms with Gasteiger partial charge in [-0.05, 0) is 64.4 Å². The lowest BCUT2D eigenvalue weighted by Crippen LogP contribution is -2.42. The van der Waals surface area contributed by atoms with Crippen LogP contribution in [0.3, 0.4) is 0 Å². The minimum atomic E-state index is -0.833. The van der Waals surface area contributed by atoms with Gasteiger partial charge in [0, 0.05) is 17.6 Å². The summed E-state index contributed by atoms with van der Waals surface area (Å²) < 4.78 is 13.7. The molecular formula is C19H30FNO2. The number of benzene rings is 1. The van der Waals surface area contributed by atoms with E-state index >= 15 is 0 Å². The van der Waals surface area contributed by atoms with Crippen molar-refractivity contribution in [2.45, 2.75) is 70.1 Å². The van der Waals surface area contributed by atoms with Crippen molar-refractivity contribution >= 4 is 0 Å². The van der Waals surface area contributed by atoms with E-state index in [1.165, 1.54) is 6.07 Å². The average molecular weight is 323 g/mol. The van der Waals surface area contributed by atoms with Crippen LogP contribution in [0.25, 0.3) is 0 Å². The number of β-amino-alcohol motifs (C(OH)–C–C–N with tert-alkyl or cyclic N) is 1. The zero-order chi connectivity index (χ0) is 16.9. The molecule has 1 aromatic rings. The molecule has 0 heterocycles. The molecule has 3 nitrogen and oxygen atoms in total. The Morgan fingerprint density at radius 1 is 1.22 bits per heavy atom. The van der Waals surface area contributed by atoms with Gasteiger partial charge in [0.15, 0.2) is 0 Å². The van der Waals surface area contributed by atoms with Crippen LogP contribution in [0, 0.1) is 11.7 Å². The van der Waals surface area contributed by atoms with Gasteiger partial charge in [-0.15, -0.1) is 0 Å². The second kappa shape index (κ2) is 8.22. The third-order valence-electron chi connectivity index (χ3n) is 5.03. The molecule has 1 aliphatic rings. The molecule has 2 rings (SSSR count). The Balaban J connectivity index is 1.76. The molecule has 1 aliphatic carbocycles. The third-order valence-corrected chi connectivity index (χ3v) is 5.03. The second-order valence-electron chi connectivity index (χ2n) is 7.52. The zero-order valence-electron chi connectivity index (χ0n) is 14.3. The minimum absolute atomic E-state index is 0.0949. The van der Waals surface area contributed by atoms with E-state index in [2.05, 4.69) is 19.2 Å². The van der Waals surface area contributed by atoms with Crippen molar-refractivity contribution in [2.75, 3.05) is 6.54 Å². The quantitative estimate of drug-likeness (QED) is 0.719. The molecule has 1 atom stereocenters. The molecule has 1 fully saturated rings. The first-order chi connectivity index (χ1) is 10.9. The summed E-state index contributed by atoms with van der Waals surface area (Å²) in [5.41, 5.74) is 0.250. The Hall–Kier alpha value is -0.970. The van der Waals surface area contributed by atoms with E-state index in [-0.39, 0.29) is 17.5 Å². The molecule has 4 heteroatoms. The van der Waals surface area contributed by atoms with E-state index in [1.807, 2.05) is 0 Å². The molecule has 3 N–H and O–H groups in total. The molecule has 23 heavy (non-hydrogen) atoms. The maximum absolute atomic E-state index is 13.7. The first-order valence-corrected chi connectivity index (χ1v) is 8.73. The minimum Gasteiger partial charge on any atom is -0.393 e. The summed E-state index contributed by atoms with van der Waals surface area (Å²) in [7, 11) is 0. The standard InChI is InChI=1S/C19H30FNO2/c1-19(2,12-11-14-7-9-15(22)10-8-14)21-13-18(23)16-5-3-4-6-17(16)20/h3-6,14-15,18,21-23H,7-13H2,1-2H3/t14-,15+,18-/m0/s1. The average Bonchev–Trinajstić information content (AvgIpc) is 2.53. The highest BCUT2D eigenvalue weighted by atomic mass is 19.1. The van der Waals surface area contributed by atoms with Crippen LogP contribution in [0.2, 0.25) is 0 Å². The molecule has 0 radical (unpaired) electrons. The smallest absolute Gasteiger partial charge is 0.129 e. The number of hydrogen-bond donors (Lipinski definition) is 3. The van der Waals surface area contributed by atoms with Gasteiger partial charge in [-0.2, -0.15) is 0 Å². The lowest BCUT2D eigenvalue weighted by Gasteiger charge is -2.32. The van der Waals surface area contributed by atoms with E-state index in [4.69, 9.17) is 0 Å². The zero-order valence-corrected chi connectivity index (χ0v) is 14.3. The van der Waals surface area contributed by atoms with Crippen molar-refractivity contribution in [2.24, 2.45) is 5.92 Å². The lowest BCUT2D eigenvalue weighted by molar-refractivity contribution is 0.102. The molecule has 0 aromatic heterocycles. The maximum Gasteiger partial charge on any atom is 0.129 e. The number of halogens is 1. The molecule has 0 aliphatic heterocycles. The van der Waals surface area contributed by atoms with Crippen molar-refractivity contribution in [3.63, 3.8) is 0 Å². The monoisotopic (exact) mass is 323 g/mol. The predicted octanol–water partition coefficient (Wildman–Crippen LogP) is 3.56. The van der Waals surface area contributed by atoms with Gasteiger partial charge in [-0.1, -0.05) is 18.2 Å². The highest BCUT2D eigenvalue weighted by molar-refractivity contribution is 5.20. The van der Waals surface area contributed by atoms with Crippen LogP contribution in [0.4, 0.5) is 4.39 Å². The van der Waals surface area contributed by atoms with Gasteiger partial charge < -0.3 is 15.5 Å². The second-order valence-corrected chi connectivity index (χ2v) is 7.52. The molecule has 0 amide bonds. The van der Waals surface area contributed by atoms with E-state index in [0.29, 0.717) is 18.0 Å². The molecule has 130 valence electrons. The van der Waals surface area contributed by atoms with Crippen molar-refractivity contribution in [1.82, 2.24) is 5.32 Å². The first kappa shape index (κ1) is 18.4. The number of aliphatic hydroxyl groups excluding tert-OH is 2. The van der Waals surface area contributed by atoms with E-state index in [0.717, 1.165) is 38.5 Å². The van der Waals surface area contributed by atoms with Gasteiger partial charge in [-0.25, -0.2) is 4.39 Å². The fourth-order valence-electron chi connectivity index (χ4n) is 3.32. The first-order valence-electron chi connectivity index (χ1n) is 8.73. The third kappa shape index (κ3) is 5.87. The van der Waals surface area contributed by atoms with Gasteiger partial charge >= 0.3 is 0 Å². The van der Waals surface area contributed by atoms with Crippen LogP contribution in [0.5, 0.6) is 0 Å². The Morgan fingerprint density at radius 3 is 2.52 bits per heavy atom. The SMILES string of the molecule is CC(C)(CC[C@H]1CC[C@@H](O)CC1)NC[C@H](O)c1ccccc1F. The summed E-state index contributed by atoms with van der Waals surface area (Å²) in [4.78, 5) is 0. The fourth-order valence-corrected chi connectivity index (χ4v) is 3.32. The van der Waals surface area contributed by atoms with Crippen LogP contribution in [0.1, 0.15) is 64.0 Å². The number of hydrogen-bond acceptors (Lipinski definition) is 3. The highest BCUT2D eigenvalue weighted by Gasteiger charge is 2.24. The molecule has 0 bridgehead atoms. The normalized spacial score (nSPS) is 23.7. The summed E-state index contributed by atoms with van der Waals surface area (Å²) in [6, 6.07) is 6.37. The van der Waals surface area contributed by atoms with Crippen molar-refractivity contribution in [3.05, 3.63) is 35.6 Å². The van der Waals surface area contributed by atoms with Gasteiger partial charge in [0.25, 0.3) is 0 Å². The molecule has 1 saturated carbocycles. The molecule has 0 unspecified atom stereocenters. The molecule has 0 spiro atoms. The van der Waals surface area contributed by atoms with Crippen LogP contribution in [-0.4, -0.2) is 28.4 Å². The Bertz CT molecular complexity index is 484. The topological polar surface area (TPSA) is 52.5 Å². The van der Waals surface area contributed by atoms with E-state index in [1.54, 1.807) is 18.2 Å². The van der Waals surface area contributed by atoms with Crippen LogP contribution in [0.15, 0.2) is 24.3 Å². The van der Waals surface area contributed by atoms with E-state index < -0.39 is 6.10 Å². The highest BCUT2D eigenvalue weighted by Crippen LogP contribution is 2.30. The van der Waals surface area contributed by atoms with Gasteiger partial charge in [0.2, 0.25) is 0 Å². The molecular weight excluding hydrogens is 293 g/mol. The maximum atomic E-state index is 13.7. The van der Waals surface area contributed by atoms with Crippen molar-refractivity contribution < 1.29 is 14.6 Å². The summed E-state index contributed by atoms with van der Waals surface area (Å²) in [6.07, 6.45) is 5.26. The summed E-state index contributed by atoms with van der Waals surface area (Å²) in [6.45, 7) is 4.59. The van der Waals surface area contributed by atoms with Gasteiger partial charge in [0.1, 0.15) is 5.82 Å². The van der Waals surface area contributed by atoms with Crippen molar-refractivity contribution in [3.8, 4) is 0 Å².